The molecule has 0 radical (unpaired) electrons. The lowest BCUT2D eigenvalue weighted by molar-refractivity contribution is 0.455. The van der Waals surface area contributed by atoms with E-state index in [9.17, 15) is 0 Å². The van der Waals surface area contributed by atoms with Crippen molar-refractivity contribution in [3.63, 3.8) is 0 Å². The van der Waals surface area contributed by atoms with Crippen LogP contribution in [0.2, 0.25) is 0 Å². The molecule has 0 aliphatic heterocycles. The van der Waals surface area contributed by atoms with Crippen LogP contribution in [0.1, 0.15) is 45.6 Å². The predicted molar refractivity (Wildman–Crippen MR) is 184 cm³/mol. The molecule has 1 aromatic heterocycles. The topological polar surface area (TPSA) is 26.1 Å². The summed E-state index contributed by atoms with van der Waals surface area (Å²) in [5, 5.41) is 0. The molecule has 5 heteroatoms. The van der Waals surface area contributed by atoms with Crippen LogP contribution in [0.3, 0.4) is 0 Å². The van der Waals surface area contributed by atoms with Crippen LogP contribution in [-0.2, 0) is 0 Å². The lowest BCUT2D eigenvalue weighted by Gasteiger charge is -2.21. The van der Waals surface area contributed by atoms with E-state index in [1.807, 2.05) is 0 Å². The summed E-state index contributed by atoms with van der Waals surface area (Å²) in [4.78, 5) is 8.51. The van der Waals surface area contributed by atoms with Crippen LogP contribution in [0, 0.1) is 0 Å². The van der Waals surface area contributed by atoms with Crippen LogP contribution >= 0.6 is 0 Å². The highest BCUT2D eigenvalue weighted by molar-refractivity contribution is 5.55. The Morgan fingerprint density at radius 2 is 0.535 bits per heavy atom. The van der Waals surface area contributed by atoms with Crippen molar-refractivity contribution in [2.75, 3.05) is 76.0 Å². The molecule has 0 saturated heterocycles. The van der Waals surface area contributed by atoms with Gasteiger partial charge >= 0.3 is 0 Å². The van der Waals surface area contributed by atoms with E-state index in [-0.39, 0.29) is 11.8 Å². The minimum Gasteiger partial charge on any atom is -0.464 e. The van der Waals surface area contributed by atoms with Gasteiger partial charge < -0.3 is 24.0 Å². The lowest BCUT2D eigenvalue weighted by atomic mass is 9.88. The zero-order valence-electron chi connectivity index (χ0n) is 26.7. The Hall–Kier alpha value is -4.64. The number of furan rings is 1. The molecule has 222 valence electrons. The Labute approximate surface area is 257 Å². The van der Waals surface area contributed by atoms with Gasteiger partial charge in [-0.1, -0.05) is 48.5 Å². The number of hydrogen-bond donors (Lipinski definition) is 0. The van der Waals surface area contributed by atoms with E-state index in [4.69, 9.17) is 4.42 Å². The SMILES string of the molecule is CN(C)c1ccc(C(c2ccc(N(C)C)cc2)c2ccc(C(c3ccc(N(C)C)cc3)c3ccc(N(C)C)cc3)o2)cc1. The Kier molecular flexibility index (Phi) is 8.81. The highest BCUT2D eigenvalue weighted by Crippen LogP contribution is 2.39. The molecule has 0 spiro atoms. The molecule has 43 heavy (non-hydrogen) atoms. The van der Waals surface area contributed by atoms with Gasteiger partial charge in [0.05, 0.1) is 11.8 Å². The van der Waals surface area contributed by atoms with Gasteiger partial charge in [-0.3, -0.25) is 0 Å². The van der Waals surface area contributed by atoms with Gasteiger partial charge in [0.25, 0.3) is 0 Å². The normalized spacial score (nSPS) is 11.2. The van der Waals surface area contributed by atoms with Gasteiger partial charge in [-0.05, 0) is 82.9 Å². The molecule has 0 saturated carbocycles. The summed E-state index contributed by atoms with van der Waals surface area (Å²) >= 11 is 0. The number of rotatable bonds is 10. The fourth-order valence-corrected chi connectivity index (χ4v) is 5.58. The van der Waals surface area contributed by atoms with E-state index in [1.165, 1.54) is 45.0 Å². The van der Waals surface area contributed by atoms with Crippen molar-refractivity contribution < 1.29 is 4.42 Å². The standard InChI is InChI=1S/C38H44N4O/c1-39(2)31-17-9-27(10-18-31)37(28-11-19-32(20-12-28)40(3)4)35-25-26-36(43-35)38(29-13-21-33(22-14-29)41(5)6)30-15-23-34(24-16-30)42(7)8/h9-26,37-38H,1-8H3. The Morgan fingerprint density at radius 3 is 0.721 bits per heavy atom. The molecule has 1 heterocycles. The molecular weight excluding hydrogens is 528 g/mol. The third-order valence-electron chi connectivity index (χ3n) is 8.19. The van der Waals surface area contributed by atoms with Crippen molar-refractivity contribution in [2.24, 2.45) is 0 Å². The molecular formula is C38H44N4O. The number of benzene rings is 4. The van der Waals surface area contributed by atoms with Gasteiger partial charge in [0.2, 0.25) is 0 Å². The van der Waals surface area contributed by atoms with Crippen LogP contribution in [0.25, 0.3) is 0 Å². The summed E-state index contributed by atoms with van der Waals surface area (Å²) in [6, 6.07) is 39.6. The van der Waals surface area contributed by atoms with E-state index in [0.717, 1.165) is 11.5 Å². The predicted octanol–water partition coefficient (Wildman–Crippen LogP) is 7.90. The first-order chi connectivity index (χ1) is 20.6. The molecule has 5 nitrogen and oxygen atoms in total. The average Bonchev–Trinajstić information content (AvgIpc) is 3.47. The summed E-state index contributed by atoms with van der Waals surface area (Å²) in [5.41, 5.74) is 9.50. The van der Waals surface area contributed by atoms with Gasteiger partial charge in [-0.25, -0.2) is 0 Å². The maximum Gasteiger partial charge on any atom is 0.116 e. The minimum atomic E-state index is -0.0333. The van der Waals surface area contributed by atoms with Crippen LogP contribution in [-0.4, -0.2) is 56.4 Å². The van der Waals surface area contributed by atoms with Gasteiger partial charge in [-0.2, -0.15) is 0 Å². The molecule has 0 amide bonds. The summed E-state index contributed by atoms with van der Waals surface area (Å²) in [5.74, 6) is 1.80. The third-order valence-corrected chi connectivity index (χ3v) is 8.19. The lowest BCUT2D eigenvalue weighted by Crippen LogP contribution is -2.10. The van der Waals surface area contributed by atoms with Crippen molar-refractivity contribution in [3.05, 3.63) is 143 Å². The number of hydrogen-bond acceptors (Lipinski definition) is 5. The smallest absolute Gasteiger partial charge is 0.116 e. The first-order valence-corrected chi connectivity index (χ1v) is 14.8. The first-order valence-electron chi connectivity index (χ1n) is 14.8. The second-order valence-corrected chi connectivity index (χ2v) is 12.0. The Morgan fingerprint density at radius 1 is 0.326 bits per heavy atom. The van der Waals surface area contributed by atoms with Crippen molar-refractivity contribution in [3.8, 4) is 0 Å². The van der Waals surface area contributed by atoms with E-state index >= 15 is 0 Å². The quantitative estimate of drug-likeness (QED) is 0.169. The zero-order valence-corrected chi connectivity index (χ0v) is 26.7. The molecule has 5 rings (SSSR count). The van der Waals surface area contributed by atoms with E-state index in [1.54, 1.807) is 0 Å². The summed E-state index contributed by atoms with van der Waals surface area (Å²) < 4.78 is 6.89. The fourth-order valence-electron chi connectivity index (χ4n) is 5.58. The van der Waals surface area contributed by atoms with Gasteiger partial charge in [0, 0.05) is 79.1 Å². The summed E-state index contributed by atoms with van der Waals surface area (Å²) in [6.07, 6.45) is 0. The number of anilines is 4. The second kappa shape index (κ2) is 12.7. The summed E-state index contributed by atoms with van der Waals surface area (Å²) in [6.45, 7) is 0. The molecule has 0 unspecified atom stereocenters. The van der Waals surface area contributed by atoms with Gasteiger partial charge in [-0.15, -0.1) is 0 Å². The summed E-state index contributed by atoms with van der Waals surface area (Å²) in [7, 11) is 16.6. The highest BCUT2D eigenvalue weighted by Gasteiger charge is 2.25. The van der Waals surface area contributed by atoms with E-state index in [0.29, 0.717) is 0 Å². The fraction of sp³-hybridized carbons (Fsp3) is 0.263. The zero-order chi connectivity index (χ0) is 30.7. The highest BCUT2D eigenvalue weighted by atomic mass is 16.3. The first kappa shape index (κ1) is 29.8. The Balaban J connectivity index is 1.60. The van der Waals surface area contributed by atoms with Gasteiger partial charge in [0.1, 0.15) is 11.5 Å². The molecule has 0 aliphatic carbocycles. The molecule has 0 aliphatic rings. The van der Waals surface area contributed by atoms with Crippen LogP contribution in [0.5, 0.6) is 0 Å². The average molecular weight is 573 g/mol. The van der Waals surface area contributed by atoms with Crippen LogP contribution < -0.4 is 19.6 Å². The van der Waals surface area contributed by atoms with Crippen molar-refractivity contribution in [1.29, 1.82) is 0 Å². The molecule has 4 aromatic carbocycles. The number of nitrogens with zero attached hydrogens (tertiary/aromatic N) is 4. The molecule has 0 atom stereocenters. The minimum absolute atomic E-state index is 0.0333. The van der Waals surface area contributed by atoms with E-state index < -0.39 is 0 Å². The Bertz CT molecular complexity index is 1370. The monoisotopic (exact) mass is 572 g/mol. The molecule has 0 fully saturated rings. The third kappa shape index (κ3) is 6.56. The molecule has 0 bridgehead atoms. The molecule has 0 N–H and O–H groups in total. The van der Waals surface area contributed by atoms with Crippen molar-refractivity contribution in [1.82, 2.24) is 0 Å². The maximum absolute atomic E-state index is 6.89. The van der Waals surface area contributed by atoms with Crippen LogP contribution in [0.15, 0.2) is 114 Å². The van der Waals surface area contributed by atoms with Gasteiger partial charge in [0.15, 0.2) is 0 Å². The second-order valence-electron chi connectivity index (χ2n) is 12.0. The maximum atomic E-state index is 6.89. The van der Waals surface area contributed by atoms with Crippen molar-refractivity contribution >= 4 is 22.7 Å². The van der Waals surface area contributed by atoms with Crippen molar-refractivity contribution in [2.45, 2.75) is 11.8 Å². The molecule has 5 aromatic rings. The van der Waals surface area contributed by atoms with Crippen LogP contribution in [0.4, 0.5) is 22.7 Å². The van der Waals surface area contributed by atoms with E-state index in [2.05, 4.69) is 185 Å². The largest absolute Gasteiger partial charge is 0.464 e.